The molecule has 0 aromatic carbocycles. The average molecular weight is 227 g/mol. The van der Waals surface area contributed by atoms with Crippen LogP contribution in [0.2, 0.25) is 0 Å². The minimum Gasteiger partial charge on any atom is -0.381 e. The Labute approximate surface area is 101 Å². The molecule has 1 heterocycles. The van der Waals surface area contributed by atoms with E-state index in [2.05, 4.69) is 25.7 Å². The molecule has 2 nitrogen and oxygen atoms in total. The monoisotopic (exact) mass is 227 g/mol. The van der Waals surface area contributed by atoms with Crippen LogP contribution in [0.25, 0.3) is 0 Å². The SMILES string of the molecule is CCCN(CC1CCCCCOC1)C(C)C. The summed E-state index contributed by atoms with van der Waals surface area (Å²) < 4.78 is 5.72. The van der Waals surface area contributed by atoms with E-state index in [9.17, 15) is 0 Å². The fourth-order valence-corrected chi connectivity index (χ4v) is 2.47. The van der Waals surface area contributed by atoms with Gasteiger partial charge in [-0.2, -0.15) is 0 Å². The maximum absolute atomic E-state index is 5.72. The molecule has 0 radical (unpaired) electrons. The summed E-state index contributed by atoms with van der Waals surface area (Å²) in [6.07, 6.45) is 6.62. The molecule has 1 atom stereocenters. The van der Waals surface area contributed by atoms with E-state index in [-0.39, 0.29) is 0 Å². The molecular formula is C14H29NO. The first-order valence-corrected chi connectivity index (χ1v) is 7.05. The minimum atomic E-state index is 0.672. The van der Waals surface area contributed by atoms with Gasteiger partial charge in [0.05, 0.1) is 6.61 Å². The van der Waals surface area contributed by atoms with Gasteiger partial charge in [0, 0.05) is 19.2 Å². The zero-order valence-corrected chi connectivity index (χ0v) is 11.4. The fraction of sp³-hybridized carbons (Fsp3) is 1.00. The fourth-order valence-electron chi connectivity index (χ4n) is 2.47. The highest BCUT2D eigenvalue weighted by Gasteiger charge is 2.17. The van der Waals surface area contributed by atoms with E-state index in [0.717, 1.165) is 19.1 Å². The first-order chi connectivity index (χ1) is 7.74. The summed E-state index contributed by atoms with van der Waals surface area (Å²) in [6, 6.07) is 0.672. The molecular weight excluding hydrogens is 198 g/mol. The molecule has 0 saturated carbocycles. The van der Waals surface area contributed by atoms with Crippen LogP contribution >= 0.6 is 0 Å². The van der Waals surface area contributed by atoms with Crippen LogP contribution in [-0.4, -0.2) is 37.2 Å². The van der Waals surface area contributed by atoms with E-state index in [1.807, 2.05) is 0 Å². The van der Waals surface area contributed by atoms with E-state index in [1.54, 1.807) is 0 Å². The third-order valence-electron chi connectivity index (χ3n) is 3.49. The summed E-state index contributed by atoms with van der Waals surface area (Å²) in [5.74, 6) is 0.759. The third-order valence-corrected chi connectivity index (χ3v) is 3.49. The lowest BCUT2D eigenvalue weighted by atomic mass is 9.99. The smallest absolute Gasteiger partial charge is 0.0506 e. The maximum atomic E-state index is 5.72. The summed E-state index contributed by atoms with van der Waals surface area (Å²) in [7, 11) is 0. The molecule has 0 aliphatic carbocycles. The van der Waals surface area contributed by atoms with Crippen molar-refractivity contribution in [1.82, 2.24) is 4.90 Å². The van der Waals surface area contributed by atoms with Crippen LogP contribution in [0, 0.1) is 5.92 Å². The van der Waals surface area contributed by atoms with Gasteiger partial charge in [0.25, 0.3) is 0 Å². The zero-order chi connectivity index (χ0) is 11.8. The zero-order valence-electron chi connectivity index (χ0n) is 11.4. The molecule has 1 fully saturated rings. The van der Waals surface area contributed by atoms with Crippen LogP contribution < -0.4 is 0 Å². The summed E-state index contributed by atoms with van der Waals surface area (Å²) in [6.45, 7) is 11.3. The van der Waals surface area contributed by atoms with Crippen LogP contribution in [0.1, 0.15) is 52.9 Å². The molecule has 0 aromatic heterocycles. The molecule has 0 aromatic rings. The molecule has 0 bridgehead atoms. The van der Waals surface area contributed by atoms with Crippen molar-refractivity contribution < 1.29 is 4.74 Å². The summed E-state index contributed by atoms with van der Waals surface area (Å²) in [5.41, 5.74) is 0. The van der Waals surface area contributed by atoms with Crippen molar-refractivity contribution in [3.63, 3.8) is 0 Å². The van der Waals surface area contributed by atoms with E-state index >= 15 is 0 Å². The molecule has 16 heavy (non-hydrogen) atoms. The average Bonchev–Trinajstić information content (AvgIpc) is 2.20. The van der Waals surface area contributed by atoms with Gasteiger partial charge >= 0.3 is 0 Å². The quantitative estimate of drug-likeness (QED) is 0.714. The predicted octanol–water partition coefficient (Wildman–Crippen LogP) is 3.31. The predicted molar refractivity (Wildman–Crippen MR) is 69.8 cm³/mol. The lowest BCUT2D eigenvalue weighted by Gasteiger charge is -2.31. The van der Waals surface area contributed by atoms with Gasteiger partial charge in [0.2, 0.25) is 0 Å². The summed E-state index contributed by atoms with van der Waals surface area (Å²) in [5, 5.41) is 0. The Hall–Kier alpha value is -0.0800. The molecule has 1 rings (SSSR count). The van der Waals surface area contributed by atoms with Gasteiger partial charge in [-0.05, 0) is 45.6 Å². The van der Waals surface area contributed by atoms with Crippen molar-refractivity contribution >= 4 is 0 Å². The molecule has 1 unspecified atom stereocenters. The van der Waals surface area contributed by atoms with Gasteiger partial charge in [0.1, 0.15) is 0 Å². The van der Waals surface area contributed by atoms with Crippen molar-refractivity contribution in [3.8, 4) is 0 Å². The van der Waals surface area contributed by atoms with Crippen LogP contribution in [0.15, 0.2) is 0 Å². The van der Waals surface area contributed by atoms with E-state index in [1.165, 1.54) is 45.2 Å². The summed E-state index contributed by atoms with van der Waals surface area (Å²) >= 11 is 0. The van der Waals surface area contributed by atoms with E-state index < -0.39 is 0 Å². The highest BCUT2D eigenvalue weighted by molar-refractivity contribution is 4.70. The Morgan fingerprint density at radius 2 is 2.06 bits per heavy atom. The molecule has 1 aliphatic rings. The van der Waals surface area contributed by atoms with Gasteiger partial charge < -0.3 is 9.64 Å². The van der Waals surface area contributed by atoms with E-state index in [0.29, 0.717) is 6.04 Å². The molecule has 0 amide bonds. The highest BCUT2D eigenvalue weighted by Crippen LogP contribution is 2.17. The number of nitrogens with zero attached hydrogens (tertiary/aromatic N) is 1. The van der Waals surface area contributed by atoms with Crippen molar-refractivity contribution in [2.45, 2.75) is 58.9 Å². The van der Waals surface area contributed by atoms with Crippen molar-refractivity contribution in [2.75, 3.05) is 26.3 Å². The topological polar surface area (TPSA) is 12.5 Å². The molecule has 1 saturated heterocycles. The molecule has 0 spiro atoms. The Kier molecular flexibility index (Phi) is 7.06. The van der Waals surface area contributed by atoms with Crippen molar-refractivity contribution in [1.29, 1.82) is 0 Å². The maximum Gasteiger partial charge on any atom is 0.0506 e. The van der Waals surface area contributed by atoms with Crippen LogP contribution in [0.3, 0.4) is 0 Å². The van der Waals surface area contributed by atoms with Gasteiger partial charge in [0.15, 0.2) is 0 Å². The lowest BCUT2D eigenvalue weighted by Crippen LogP contribution is -2.37. The molecule has 1 aliphatic heterocycles. The standard InChI is InChI=1S/C14H29NO/c1-4-9-15(13(2)3)11-14-8-6-5-7-10-16-12-14/h13-14H,4-12H2,1-3H3. The van der Waals surface area contributed by atoms with Gasteiger partial charge in [-0.3, -0.25) is 0 Å². The van der Waals surface area contributed by atoms with E-state index in [4.69, 9.17) is 4.74 Å². The Morgan fingerprint density at radius 1 is 1.25 bits per heavy atom. The third kappa shape index (κ3) is 5.31. The van der Waals surface area contributed by atoms with Crippen molar-refractivity contribution in [3.05, 3.63) is 0 Å². The number of hydrogen-bond acceptors (Lipinski definition) is 2. The molecule has 0 N–H and O–H groups in total. The Bertz CT molecular complexity index is 162. The Balaban J connectivity index is 2.35. The normalized spacial score (nSPS) is 23.4. The second-order valence-corrected chi connectivity index (χ2v) is 5.38. The number of rotatable bonds is 5. The first kappa shape index (κ1) is 14.0. The largest absolute Gasteiger partial charge is 0.381 e. The minimum absolute atomic E-state index is 0.672. The number of hydrogen-bond donors (Lipinski definition) is 0. The lowest BCUT2D eigenvalue weighted by molar-refractivity contribution is 0.0578. The first-order valence-electron chi connectivity index (χ1n) is 7.05. The molecule has 96 valence electrons. The second kappa shape index (κ2) is 8.08. The Morgan fingerprint density at radius 3 is 2.75 bits per heavy atom. The van der Waals surface area contributed by atoms with Crippen LogP contribution in [0.5, 0.6) is 0 Å². The van der Waals surface area contributed by atoms with Gasteiger partial charge in [-0.1, -0.05) is 19.8 Å². The highest BCUT2D eigenvalue weighted by atomic mass is 16.5. The van der Waals surface area contributed by atoms with Crippen LogP contribution in [0.4, 0.5) is 0 Å². The van der Waals surface area contributed by atoms with Gasteiger partial charge in [-0.15, -0.1) is 0 Å². The molecule has 2 heteroatoms. The number of ether oxygens (including phenoxy) is 1. The second-order valence-electron chi connectivity index (χ2n) is 5.38. The van der Waals surface area contributed by atoms with Crippen molar-refractivity contribution in [2.24, 2.45) is 5.92 Å². The van der Waals surface area contributed by atoms with Crippen LogP contribution in [-0.2, 0) is 4.74 Å². The summed E-state index contributed by atoms with van der Waals surface area (Å²) in [4.78, 5) is 2.61. The van der Waals surface area contributed by atoms with Gasteiger partial charge in [-0.25, -0.2) is 0 Å².